The molecule has 0 bridgehead atoms. The molecule has 7 nitrogen and oxygen atoms in total. The summed E-state index contributed by atoms with van der Waals surface area (Å²) in [7, 11) is 2.11. The SMILES string of the molecule is Cc1ccc(Cn2nc(C)c(CCc3nc(C4CNCCN4C)no3)c2C)cc1.Cl. The third kappa shape index (κ3) is 4.91. The van der Waals surface area contributed by atoms with Gasteiger partial charge in [0.25, 0.3) is 0 Å². The predicted octanol–water partition coefficient (Wildman–Crippen LogP) is 3.02. The molecule has 1 saturated heterocycles. The Kier molecular flexibility index (Phi) is 7.28. The van der Waals surface area contributed by atoms with E-state index in [0.717, 1.165) is 50.5 Å². The zero-order valence-electron chi connectivity index (χ0n) is 18.2. The van der Waals surface area contributed by atoms with Gasteiger partial charge < -0.3 is 9.84 Å². The summed E-state index contributed by atoms with van der Waals surface area (Å²) in [5, 5.41) is 12.4. The molecule has 8 heteroatoms. The minimum Gasteiger partial charge on any atom is -0.339 e. The molecule has 3 heterocycles. The molecule has 1 aliphatic heterocycles. The first kappa shape index (κ1) is 22.5. The van der Waals surface area contributed by atoms with E-state index in [2.05, 4.69) is 77.1 Å². The molecular weight excluding hydrogens is 400 g/mol. The van der Waals surface area contributed by atoms with Gasteiger partial charge >= 0.3 is 0 Å². The summed E-state index contributed by atoms with van der Waals surface area (Å²) in [6.45, 7) is 9.98. The lowest BCUT2D eigenvalue weighted by molar-refractivity contribution is 0.190. The maximum atomic E-state index is 5.54. The minimum absolute atomic E-state index is 0. The number of rotatable bonds is 6. The standard InChI is InChI=1S/C22H30N6O.ClH/c1-15-5-7-18(8-6-15)14-28-17(3)19(16(2)25-28)9-10-21-24-22(26-29-21)20-13-23-11-12-27(20)4;/h5-8,20,23H,9-14H2,1-4H3;1H. The summed E-state index contributed by atoms with van der Waals surface area (Å²) in [5.74, 6) is 1.47. The van der Waals surface area contributed by atoms with Gasteiger partial charge in [-0.05, 0) is 45.4 Å². The van der Waals surface area contributed by atoms with Crippen LogP contribution in [0.2, 0.25) is 0 Å². The lowest BCUT2D eigenvalue weighted by atomic mass is 10.1. The van der Waals surface area contributed by atoms with Gasteiger partial charge in [-0.1, -0.05) is 35.0 Å². The first-order valence-electron chi connectivity index (χ1n) is 10.3. The van der Waals surface area contributed by atoms with Crippen LogP contribution in [-0.2, 0) is 19.4 Å². The Bertz CT molecular complexity index is 965. The van der Waals surface area contributed by atoms with Crippen molar-refractivity contribution in [1.82, 2.24) is 30.1 Å². The van der Waals surface area contributed by atoms with E-state index in [1.54, 1.807) is 0 Å². The number of likely N-dealkylation sites (N-methyl/N-ethyl adjacent to an activating group) is 1. The molecule has 1 atom stereocenters. The largest absolute Gasteiger partial charge is 0.339 e. The van der Waals surface area contributed by atoms with Crippen LogP contribution in [-0.4, -0.2) is 51.5 Å². The molecular formula is C22H31ClN6O. The average Bonchev–Trinajstić information content (AvgIpc) is 3.27. The van der Waals surface area contributed by atoms with Gasteiger partial charge in [0.05, 0.1) is 18.3 Å². The van der Waals surface area contributed by atoms with Crippen LogP contribution in [0.3, 0.4) is 0 Å². The van der Waals surface area contributed by atoms with Crippen LogP contribution in [0.4, 0.5) is 0 Å². The van der Waals surface area contributed by atoms with Crippen molar-refractivity contribution in [3.8, 4) is 0 Å². The maximum absolute atomic E-state index is 5.54. The first-order chi connectivity index (χ1) is 14.0. The number of hydrogen-bond acceptors (Lipinski definition) is 6. The smallest absolute Gasteiger partial charge is 0.227 e. The predicted molar refractivity (Wildman–Crippen MR) is 119 cm³/mol. The summed E-state index contributed by atoms with van der Waals surface area (Å²) >= 11 is 0. The Labute approximate surface area is 184 Å². The fraction of sp³-hybridized carbons (Fsp3) is 0.500. The van der Waals surface area contributed by atoms with Crippen LogP contribution >= 0.6 is 12.4 Å². The third-order valence-corrected chi connectivity index (χ3v) is 5.87. The van der Waals surface area contributed by atoms with Crippen molar-refractivity contribution in [2.75, 3.05) is 26.7 Å². The highest BCUT2D eigenvalue weighted by molar-refractivity contribution is 5.85. The Balaban J connectivity index is 0.00000256. The molecule has 0 amide bonds. The number of piperazine rings is 1. The monoisotopic (exact) mass is 430 g/mol. The van der Waals surface area contributed by atoms with Crippen molar-refractivity contribution >= 4 is 12.4 Å². The number of nitrogens with one attached hydrogen (secondary N) is 1. The van der Waals surface area contributed by atoms with Gasteiger partial charge in [0.2, 0.25) is 5.89 Å². The van der Waals surface area contributed by atoms with Gasteiger partial charge in [0, 0.05) is 31.7 Å². The normalized spacial score (nSPS) is 17.1. The Morgan fingerprint density at radius 3 is 2.63 bits per heavy atom. The van der Waals surface area contributed by atoms with Gasteiger partial charge in [-0.25, -0.2) is 0 Å². The molecule has 1 N–H and O–H groups in total. The van der Waals surface area contributed by atoms with Crippen molar-refractivity contribution < 1.29 is 4.52 Å². The minimum atomic E-state index is 0. The molecule has 3 aromatic rings. The molecule has 0 saturated carbocycles. The molecule has 162 valence electrons. The van der Waals surface area contributed by atoms with Crippen LogP contribution in [0.1, 0.15) is 45.8 Å². The van der Waals surface area contributed by atoms with E-state index >= 15 is 0 Å². The molecule has 0 radical (unpaired) electrons. The molecule has 30 heavy (non-hydrogen) atoms. The quantitative estimate of drug-likeness (QED) is 0.648. The van der Waals surface area contributed by atoms with Gasteiger partial charge in [-0.15, -0.1) is 12.4 Å². The fourth-order valence-corrected chi connectivity index (χ4v) is 3.95. The second kappa shape index (κ2) is 9.73. The van der Waals surface area contributed by atoms with E-state index in [4.69, 9.17) is 9.62 Å². The Morgan fingerprint density at radius 2 is 1.90 bits per heavy atom. The van der Waals surface area contributed by atoms with Crippen LogP contribution < -0.4 is 5.32 Å². The number of benzene rings is 1. The second-order valence-corrected chi connectivity index (χ2v) is 8.04. The van der Waals surface area contributed by atoms with Crippen molar-refractivity contribution in [2.45, 2.75) is 46.2 Å². The Morgan fingerprint density at radius 1 is 1.13 bits per heavy atom. The van der Waals surface area contributed by atoms with E-state index in [-0.39, 0.29) is 18.4 Å². The van der Waals surface area contributed by atoms with Crippen LogP contribution in [0.25, 0.3) is 0 Å². The highest BCUT2D eigenvalue weighted by atomic mass is 35.5. The highest BCUT2D eigenvalue weighted by Gasteiger charge is 2.25. The molecule has 1 unspecified atom stereocenters. The molecule has 1 aromatic carbocycles. The summed E-state index contributed by atoms with van der Waals surface area (Å²) in [6, 6.07) is 8.82. The number of nitrogens with zero attached hydrogens (tertiary/aromatic N) is 5. The van der Waals surface area contributed by atoms with Crippen molar-refractivity contribution in [3.05, 3.63) is 64.1 Å². The van der Waals surface area contributed by atoms with Crippen molar-refractivity contribution in [1.29, 1.82) is 0 Å². The van der Waals surface area contributed by atoms with Gasteiger partial charge in [-0.2, -0.15) is 10.1 Å². The molecule has 1 aliphatic rings. The topological polar surface area (TPSA) is 72.0 Å². The van der Waals surface area contributed by atoms with Gasteiger partial charge in [0.15, 0.2) is 5.82 Å². The molecule has 0 aliphatic carbocycles. The van der Waals surface area contributed by atoms with E-state index in [1.807, 2.05) is 0 Å². The van der Waals surface area contributed by atoms with E-state index in [1.165, 1.54) is 22.4 Å². The van der Waals surface area contributed by atoms with Crippen LogP contribution in [0, 0.1) is 20.8 Å². The van der Waals surface area contributed by atoms with Crippen LogP contribution in [0.5, 0.6) is 0 Å². The van der Waals surface area contributed by atoms with Gasteiger partial charge in [0.1, 0.15) is 0 Å². The van der Waals surface area contributed by atoms with E-state index in [0.29, 0.717) is 5.89 Å². The molecule has 4 rings (SSSR count). The second-order valence-electron chi connectivity index (χ2n) is 8.04. The molecule has 2 aromatic heterocycles. The van der Waals surface area contributed by atoms with Crippen LogP contribution in [0.15, 0.2) is 28.8 Å². The number of halogens is 1. The summed E-state index contributed by atoms with van der Waals surface area (Å²) in [5.41, 5.74) is 6.09. The first-order valence-corrected chi connectivity index (χ1v) is 10.3. The fourth-order valence-electron chi connectivity index (χ4n) is 3.95. The van der Waals surface area contributed by atoms with E-state index < -0.39 is 0 Å². The Hall–Kier alpha value is -2.22. The van der Waals surface area contributed by atoms with E-state index in [9.17, 15) is 0 Å². The molecule has 1 fully saturated rings. The lowest BCUT2D eigenvalue weighted by Crippen LogP contribution is -2.44. The van der Waals surface area contributed by atoms with Crippen molar-refractivity contribution in [3.63, 3.8) is 0 Å². The highest BCUT2D eigenvalue weighted by Crippen LogP contribution is 2.20. The maximum Gasteiger partial charge on any atom is 0.227 e. The lowest BCUT2D eigenvalue weighted by Gasteiger charge is -2.30. The summed E-state index contributed by atoms with van der Waals surface area (Å²) in [4.78, 5) is 6.93. The number of hydrogen-bond donors (Lipinski definition) is 1. The third-order valence-electron chi connectivity index (χ3n) is 5.87. The van der Waals surface area contributed by atoms with Gasteiger partial charge in [-0.3, -0.25) is 9.58 Å². The average molecular weight is 431 g/mol. The summed E-state index contributed by atoms with van der Waals surface area (Å²) in [6.07, 6.45) is 1.58. The molecule has 0 spiro atoms. The summed E-state index contributed by atoms with van der Waals surface area (Å²) < 4.78 is 7.63. The number of aromatic nitrogens is 4. The zero-order valence-corrected chi connectivity index (χ0v) is 19.0. The zero-order chi connectivity index (χ0) is 20.4. The van der Waals surface area contributed by atoms with Crippen molar-refractivity contribution in [2.24, 2.45) is 0 Å². The number of aryl methyl sites for hydroxylation is 3.